The lowest BCUT2D eigenvalue weighted by Crippen LogP contribution is -2.28. The summed E-state index contributed by atoms with van der Waals surface area (Å²) in [4.78, 5) is 0. The van der Waals surface area contributed by atoms with Crippen LogP contribution in [0, 0.1) is 0 Å². The number of rotatable bonds is 5. The Bertz CT molecular complexity index is 415. The van der Waals surface area contributed by atoms with E-state index in [1.165, 1.54) is 17.5 Å². The zero-order valence-electron chi connectivity index (χ0n) is 8.70. The predicted molar refractivity (Wildman–Crippen MR) is 58.3 cm³/mol. The van der Waals surface area contributed by atoms with E-state index in [0.29, 0.717) is 12.1 Å². The van der Waals surface area contributed by atoms with Crippen LogP contribution < -0.4 is 0 Å². The number of hydrogen-bond donors (Lipinski definition) is 1. The minimum Gasteiger partial charge on any atom is -0.266 e. The van der Waals surface area contributed by atoms with E-state index in [1.807, 2.05) is 6.92 Å². The molecule has 86 valence electrons. The molecule has 0 radical (unpaired) electrons. The largest absolute Gasteiger partial charge is 0.266 e. The Morgan fingerprint density at radius 3 is 2.80 bits per heavy atom. The lowest BCUT2D eigenvalue weighted by molar-refractivity contribution is 0.465. The van der Waals surface area contributed by atoms with Crippen LogP contribution in [0.4, 0.5) is 0 Å². The second-order valence-electron chi connectivity index (χ2n) is 3.18. The number of alkyl halides is 1. The molecule has 0 fully saturated rings. The average molecular weight is 252 g/mol. The van der Waals surface area contributed by atoms with E-state index >= 15 is 0 Å². The highest BCUT2D eigenvalue weighted by molar-refractivity contribution is 7.89. The highest BCUT2D eigenvalue weighted by atomic mass is 35.5. The van der Waals surface area contributed by atoms with Crippen LogP contribution >= 0.6 is 11.6 Å². The third-order valence-corrected chi connectivity index (χ3v) is 4.19. The molecule has 1 N–H and O–H groups in total. The zero-order valence-corrected chi connectivity index (χ0v) is 10.3. The minimum atomic E-state index is -3.47. The first-order valence-corrected chi connectivity index (χ1v) is 6.56. The predicted octanol–water partition coefficient (Wildman–Crippen LogP) is 1.18. The molecule has 1 heterocycles. The lowest BCUT2D eigenvalue weighted by Gasteiger charge is -2.15. The summed E-state index contributed by atoms with van der Waals surface area (Å²) >= 11 is 5.62. The summed E-state index contributed by atoms with van der Waals surface area (Å²) < 4.78 is 25.2. The van der Waals surface area contributed by atoms with Crippen molar-refractivity contribution in [2.75, 3.05) is 13.6 Å². The molecule has 0 aliphatic carbocycles. The lowest BCUT2D eigenvalue weighted by atomic mass is 10.4. The third-order valence-electron chi connectivity index (χ3n) is 2.03. The zero-order chi connectivity index (χ0) is 11.5. The summed E-state index contributed by atoms with van der Waals surface area (Å²) in [5, 5.41) is 6.25. The summed E-state index contributed by atoms with van der Waals surface area (Å²) in [5.41, 5.74) is 0.500. The fourth-order valence-corrected chi connectivity index (χ4v) is 2.85. The van der Waals surface area contributed by atoms with E-state index in [2.05, 4.69) is 10.2 Å². The fourth-order valence-electron chi connectivity index (χ4n) is 1.21. The molecule has 0 saturated heterocycles. The van der Waals surface area contributed by atoms with Crippen LogP contribution in [0.15, 0.2) is 11.2 Å². The van der Waals surface area contributed by atoms with Crippen LogP contribution in [0.2, 0.25) is 0 Å². The van der Waals surface area contributed by atoms with Gasteiger partial charge in [0.25, 0.3) is 10.0 Å². The number of hydrogen-bond acceptors (Lipinski definition) is 3. The smallest absolute Gasteiger partial charge is 0.260 e. The molecule has 0 atom stereocenters. The van der Waals surface area contributed by atoms with Crippen molar-refractivity contribution < 1.29 is 8.42 Å². The number of aromatic amines is 1. The molecule has 1 aromatic heterocycles. The summed E-state index contributed by atoms with van der Waals surface area (Å²) in [7, 11) is -1.93. The first-order chi connectivity index (χ1) is 7.04. The number of halogens is 1. The minimum absolute atomic E-state index is 0.0912. The van der Waals surface area contributed by atoms with Crippen LogP contribution in [-0.2, 0) is 15.9 Å². The van der Waals surface area contributed by atoms with Gasteiger partial charge in [0.15, 0.2) is 5.03 Å². The Labute approximate surface area is 94.5 Å². The first-order valence-electron chi connectivity index (χ1n) is 4.58. The number of H-pyrrole nitrogens is 1. The van der Waals surface area contributed by atoms with Crippen molar-refractivity contribution in [2.45, 2.75) is 24.3 Å². The Morgan fingerprint density at radius 1 is 1.60 bits per heavy atom. The van der Waals surface area contributed by atoms with Crippen LogP contribution in [0.1, 0.15) is 18.9 Å². The first kappa shape index (κ1) is 12.5. The van der Waals surface area contributed by atoms with Gasteiger partial charge in [-0.05, 0) is 6.42 Å². The van der Waals surface area contributed by atoms with Crippen molar-refractivity contribution in [1.82, 2.24) is 14.5 Å². The van der Waals surface area contributed by atoms with Gasteiger partial charge >= 0.3 is 0 Å². The standard InChI is InChI=1S/C8H14ClN3O2S/c1-3-4-12(2)15(13,14)8-7(5-9)6-10-11-8/h6H,3-5H2,1-2H3,(H,10,11). The van der Waals surface area contributed by atoms with Gasteiger partial charge in [-0.2, -0.15) is 9.40 Å². The Kier molecular flexibility index (Phi) is 4.12. The number of nitrogens with one attached hydrogen (secondary N) is 1. The summed E-state index contributed by atoms with van der Waals surface area (Å²) in [5.74, 6) is 0.130. The van der Waals surface area contributed by atoms with Gasteiger partial charge in [0.05, 0.1) is 12.1 Å². The molecular formula is C8H14ClN3O2S. The van der Waals surface area contributed by atoms with Gasteiger partial charge in [-0.3, -0.25) is 5.10 Å². The van der Waals surface area contributed by atoms with Crippen molar-refractivity contribution in [3.63, 3.8) is 0 Å². The number of sulfonamides is 1. The molecule has 0 amide bonds. The molecule has 0 spiro atoms. The second-order valence-corrected chi connectivity index (χ2v) is 5.43. The van der Waals surface area contributed by atoms with Gasteiger partial charge in [-0.25, -0.2) is 8.42 Å². The molecule has 1 rings (SSSR count). The molecule has 0 unspecified atom stereocenters. The average Bonchev–Trinajstić information content (AvgIpc) is 2.66. The normalized spacial score (nSPS) is 12.3. The maximum atomic E-state index is 12.0. The Hall–Kier alpha value is -0.590. The quantitative estimate of drug-likeness (QED) is 0.800. The highest BCUT2D eigenvalue weighted by Gasteiger charge is 2.24. The van der Waals surface area contributed by atoms with Gasteiger partial charge in [0, 0.05) is 19.2 Å². The summed E-state index contributed by atoms with van der Waals surface area (Å²) in [6.07, 6.45) is 2.19. The molecule has 15 heavy (non-hydrogen) atoms. The number of nitrogens with zero attached hydrogens (tertiary/aromatic N) is 2. The molecule has 0 aliphatic rings. The van der Waals surface area contributed by atoms with Crippen LogP contribution in [-0.4, -0.2) is 36.5 Å². The summed E-state index contributed by atoms with van der Waals surface area (Å²) in [6, 6.07) is 0. The van der Waals surface area contributed by atoms with Crippen LogP contribution in [0.25, 0.3) is 0 Å². The van der Waals surface area contributed by atoms with Gasteiger partial charge in [-0.15, -0.1) is 11.6 Å². The Morgan fingerprint density at radius 2 is 2.27 bits per heavy atom. The van der Waals surface area contributed by atoms with Crippen LogP contribution in [0.5, 0.6) is 0 Å². The summed E-state index contributed by atoms with van der Waals surface area (Å²) in [6.45, 7) is 2.39. The SMILES string of the molecule is CCCN(C)S(=O)(=O)c1[nH]ncc1CCl. The van der Waals surface area contributed by atoms with Gasteiger partial charge < -0.3 is 0 Å². The molecule has 7 heteroatoms. The maximum Gasteiger partial charge on any atom is 0.260 e. The van der Waals surface area contributed by atoms with Gasteiger partial charge in [0.1, 0.15) is 0 Å². The topological polar surface area (TPSA) is 66.1 Å². The van der Waals surface area contributed by atoms with Crippen molar-refractivity contribution >= 4 is 21.6 Å². The Balaban J connectivity index is 3.05. The third kappa shape index (κ3) is 2.50. The molecule has 0 saturated carbocycles. The monoisotopic (exact) mass is 251 g/mol. The van der Waals surface area contributed by atoms with Gasteiger partial charge in [-0.1, -0.05) is 6.92 Å². The molecule has 5 nitrogen and oxygen atoms in total. The molecule has 0 aromatic carbocycles. The van der Waals surface area contributed by atoms with E-state index in [-0.39, 0.29) is 10.9 Å². The van der Waals surface area contributed by atoms with Crippen molar-refractivity contribution in [1.29, 1.82) is 0 Å². The van der Waals surface area contributed by atoms with E-state index in [9.17, 15) is 8.42 Å². The van der Waals surface area contributed by atoms with E-state index in [0.717, 1.165) is 6.42 Å². The van der Waals surface area contributed by atoms with Crippen molar-refractivity contribution in [2.24, 2.45) is 0 Å². The van der Waals surface area contributed by atoms with E-state index in [1.54, 1.807) is 0 Å². The van der Waals surface area contributed by atoms with Crippen molar-refractivity contribution in [3.8, 4) is 0 Å². The maximum absolute atomic E-state index is 12.0. The molecule has 0 aliphatic heterocycles. The molecule has 1 aromatic rings. The number of aromatic nitrogens is 2. The highest BCUT2D eigenvalue weighted by Crippen LogP contribution is 2.17. The van der Waals surface area contributed by atoms with Crippen LogP contribution in [0.3, 0.4) is 0 Å². The fraction of sp³-hybridized carbons (Fsp3) is 0.625. The molecular weight excluding hydrogens is 238 g/mol. The second kappa shape index (κ2) is 4.96. The molecule has 0 bridgehead atoms. The van der Waals surface area contributed by atoms with E-state index < -0.39 is 10.0 Å². The van der Waals surface area contributed by atoms with Gasteiger partial charge in [0.2, 0.25) is 0 Å². The van der Waals surface area contributed by atoms with E-state index in [4.69, 9.17) is 11.6 Å². The van der Waals surface area contributed by atoms with Crippen molar-refractivity contribution in [3.05, 3.63) is 11.8 Å².